The van der Waals surface area contributed by atoms with E-state index in [0.717, 1.165) is 42.7 Å². The molecule has 2 amide bonds. The van der Waals surface area contributed by atoms with Gasteiger partial charge in [-0.25, -0.2) is 0 Å². The van der Waals surface area contributed by atoms with Crippen LogP contribution < -0.4 is 10.2 Å². The van der Waals surface area contributed by atoms with Gasteiger partial charge in [0.1, 0.15) is 0 Å². The average molecular weight is 374 g/mol. The smallest absolute Gasteiger partial charge is 0.225 e. The first kappa shape index (κ1) is 21.3. The summed E-state index contributed by atoms with van der Waals surface area (Å²) in [6.45, 7) is 9.61. The SMILES string of the molecule is CCCN(Cc1cc(NC(=O)CC(C)(C)C)ccc1N(C)C)C(=O)C1CC1. The molecule has 0 heterocycles. The second-order valence-corrected chi connectivity index (χ2v) is 9.06. The summed E-state index contributed by atoms with van der Waals surface area (Å²) in [5.41, 5.74) is 2.88. The average Bonchev–Trinajstić information content (AvgIpc) is 3.36. The van der Waals surface area contributed by atoms with Gasteiger partial charge in [0.2, 0.25) is 11.8 Å². The van der Waals surface area contributed by atoms with Crippen LogP contribution in [0.3, 0.4) is 0 Å². The Balaban J connectivity index is 2.21. The van der Waals surface area contributed by atoms with Crippen LogP contribution in [0.2, 0.25) is 0 Å². The van der Waals surface area contributed by atoms with Crippen molar-refractivity contribution in [3.8, 4) is 0 Å². The van der Waals surface area contributed by atoms with Crippen LogP contribution in [0, 0.1) is 11.3 Å². The first-order valence-corrected chi connectivity index (χ1v) is 9.99. The lowest BCUT2D eigenvalue weighted by Gasteiger charge is -2.26. The molecule has 0 unspecified atom stereocenters. The molecular weight excluding hydrogens is 338 g/mol. The van der Waals surface area contributed by atoms with Gasteiger partial charge in [-0.15, -0.1) is 0 Å². The van der Waals surface area contributed by atoms with Gasteiger partial charge in [-0.1, -0.05) is 27.7 Å². The fourth-order valence-corrected chi connectivity index (χ4v) is 3.24. The summed E-state index contributed by atoms with van der Waals surface area (Å²) >= 11 is 0. The van der Waals surface area contributed by atoms with E-state index in [1.165, 1.54) is 0 Å². The number of nitrogens with zero attached hydrogens (tertiary/aromatic N) is 2. The van der Waals surface area contributed by atoms with E-state index in [1.54, 1.807) is 0 Å². The summed E-state index contributed by atoms with van der Waals surface area (Å²) < 4.78 is 0. The van der Waals surface area contributed by atoms with E-state index in [2.05, 4.69) is 37.9 Å². The zero-order chi connectivity index (χ0) is 20.2. The van der Waals surface area contributed by atoms with Gasteiger partial charge >= 0.3 is 0 Å². The molecular formula is C22H35N3O2. The summed E-state index contributed by atoms with van der Waals surface area (Å²) in [5.74, 6) is 0.503. The van der Waals surface area contributed by atoms with Crippen LogP contribution in [-0.4, -0.2) is 37.4 Å². The molecule has 1 aromatic carbocycles. The Labute approximate surface area is 164 Å². The van der Waals surface area contributed by atoms with Gasteiger partial charge in [-0.05, 0) is 48.4 Å². The molecule has 1 saturated carbocycles. The van der Waals surface area contributed by atoms with E-state index < -0.39 is 0 Å². The molecule has 0 aromatic heterocycles. The van der Waals surface area contributed by atoms with Crippen molar-refractivity contribution in [3.05, 3.63) is 23.8 Å². The number of carbonyl (C=O) groups is 2. The monoisotopic (exact) mass is 373 g/mol. The zero-order valence-corrected chi connectivity index (χ0v) is 17.8. The number of anilines is 2. The number of hydrogen-bond donors (Lipinski definition) is 1. The van der Waals surface area contributed by atoms with Gasteiger partial charge < -0.3 is 15.1 Å². The maximum atomic E-state index is 12.6. The Kier molecular flexibility index (Phi) is 6.90. The molecule has 2 rings (SSSR count). The van der Waals surface area contributed by atoms with E-state index in [1.807, 2.05) is 37.2 Å². The van der Waals surface area contributed by atoms with E-state index in [9.17, 15) is 9.59 Å². The van der Waals surface area contributed by atoms with E-state index in [4.69, 9.17) is 0 Å². The zero-order valence-electron chi connectivity index (χ0n) is 17.8. The molecule has 1 aromatic rings. The van der Waals surface area contributed by atoms with Gasteiger partial charge in [-0.2, -0.15) is 0 Å². The molecule has 0 saturated heterocycles. The van der Waals surface area contributed by atoms with E-state index in [0.29, 0.717) is 13.0 Å². The maximum Gasteiger partial charge on any atom is 0.225 e. The molecule has 0 aliphatic heterocycles. The van der Waals surface area contributed by atoms with Gasteiger partial charge in [0.15, 0.2) is 0 Å². The normalized spacial score (nSPS) is 14.0. The molecule has 0 atom stereocenters. The Morgan fingerprint density at radius 3 is 2.37 bits per heavy atom. The van der Waals surface area contributed by atoms with Crippen LogP contribution in [0.15, 0.2) is 18.2 Å². The van der Waals surface area contributed by atoms with Crippen LogP contribution >= 0.6 is 0 Å². The van der Waals surface area contributed by atoms with Crippen molar-refractivity contribution >= 4 is 23.2 Å². The van der Waals surface area contributed by atoms with Crippen molar-refractivity contribution in [3.63, 3.8) is 0 Å². The summed E-state index contributed by atoms with van der Waals surface area (Å²) in [5, 5.41) is 3.01. The lowest BCUT2D eigenvalue weighted by molar-refractivity contribution is -0.133. The Morgan fingerprint density at radius 2 is 1.85 bits per heavy atom. The Hall–Kier alpha value is -2.04. The molecule has 1 aliphatic carbocycles. The number of carbonyl (C=O) groups excluding carboxylic acids is 2. The van der Waals surface area contributed by atoms with Crippen LogP contribution in [-0.2, 0) is 16.1 Å². The number of nitrogens with one attached hydrogen (secondary N) is 1. The standard InChI is InChI=1S/C22H35N3O2/c1-7-12-25(21(27)16-8-9-16)15-17-13-18(10-11-19(17)24(5)6)23-20(26)14-22(2,3)4/h10-11,13,16H,7-9,12,14-15H2,1-6H3,(H,23,26). The molecule has 5 heteroatoms. The lowest BCUT2D eigenvalue weighted by Crippen LogP contribution is -2.33. The molecule has 5 nitrogen and oxygen atoms in total. The lowest BCUT2D eigenvalue weighted by atomic mass is 9.92. The van der Waals surface area contributed by atoms with E-state index >= 15 is 0 Å². The minimum Gasteiger partial charge on any atom is -0.377 e. The largest absolute Gasteiger partial charge is 0.377 e. The Bertz CT molecular complexity index is 673. The highest BCUT2D eigenvalue weighted by Gasteiger charge is 2.33. The molecule has 1 fully saturated rings. The van der Waals surface area contributed by atoms with Gasteiger partial charge in [0.05, 0.1) is 0 Å². The molecule has 27 heavy (non-hydrogen) atoms. The molecule has 0 bridgehead atoms. The second kappa shape index (κ2) is 8.77. The number of benzene rings is 1. The molecule has 150 valence electrons. The fraction of sp³-hybridized carbons (Fsp3) is 0.636. The highest BCUT2D eigenvalue weighted by Crippen LogP contribution is 2.33. The van der Waals surface area contributed by atoms with Crippen molar-refractivity contribution < 1.29 is 9.59 Å². The van der Waals surface area contributed by atoms with Crippen LogP contribution in [0.25, 0.3) is 0 Å². The van der Waals surface area contributed by atoms with Gasteiger partial charge in [0.25, 0.3) is 0 Å². The molecule has 0 spiro atoms. The first-order chi connectivity index (χ1) is 12.6. The second-order valence-electron chi connectivity index (χ2n) is 9.06. The molecule has 1 aliphatic rings. The van der Waals surface area contributed by atoms with Crippen molar-refractivity contribution in [2.75, 3.05) is 30.9 Å². The maximum absolute atomic E-state index is 12.6. The van der Waals surface area contributed by atoms with Crippen LogP contribution in [0.5, 0.6) is 0 Å². The number of hydrogen-bond acceptors (Lipinski definition) is 3. The highest BCUT2D eigenvalue weighted by atomic mass is 16.2. The first-order valence-electron chi connectivity index (χ1n) is 9.99. The summed E-state index contributed by atoms with van der Waals surface area (Å²) in [6.07, 6.45) is 3.45. The van der Waals surface area contributed by atoms with Gasteiger partial charge in [-0.3, -0.25) is 9.59 Å². The summed E-state index contributed by atoms with van der Waals surface area (Å²) in [7, 11) is 4.01. The predicted octanol–water partition coefficient (Wildman–Crippen LogP) is 4.28. The van der Waals surface area contributed by atoms with Crippen LogP contribution in [0.1, 0.15) is 58.9 Å². The molecule has 0 radical (unpaired) electrons. The predicted molar refractivity (Wildman–Crippen MR) is 112 cm³/mol. The third-order valence-corrected chi connectivity index (χ3v) is 4.63. The van der Waals surface area contributed by atoms with E-state index in [-0.39, 0.29) is 23.1 Å². The number of rotatable bonds is 8. The Morgan fingerprint density at radius 1 is 1.19 bits per heavy atom. The third-order valence-electron chi connectivity index (χ3n) is 4.63. The van der Waals surface area contributed by atoms with Crippen molar-refractivity contribution in [1.82, 2.24) is 4.90 Å². The number of amides is 2. The summed E-state index contributed by atoms with van der Waals surface area (Å²) in [4.78, 5) is 29.0. The fourth-order valence-electron chi connectivity index (χ4n) is 3.24. The van der Waals surface area contributed by atoms with Crippen molar-refractivity contribution in [2.45, 2.75) is 59.9 Å². The molecule has 1 N–H and O–H groups in total. The quantitative estimate of drug-likeness (QED) is 0.740. The minimum absolute atomic E-state index is 0.0190. The summed E-state index contributed by atoms with van der Waals surface area (Å²) in [6, 6.07) is 5.97. The topological polar surface area (TPSA) is 52.7 Å². The van der Waals surface area contributed by atoms with Crippen molar-refractivity contribution in [2.24, 2.45) is 11.3 Å². The van der Waals surface area contributed by atoms with Gasteiger partial charge in [0, 0.05) is 50.9 Å². The minimum atomic E-state index is -0.0505. The van der Waals surface area contributed by atoms with Crippen molar-refractivity contribution in [1.29, 1.82) is 0 Å². The van der Waals surface area contributed by atoms with Crippen LogP contribution in [0.4, 0.5) is 11.4 Å². The highest BCUT2D eigenvalue weighted by molar-refractivity contribution is 5.91. The third kappa shape index (κ3) is 6.56.